The van der Waals surface area contributed by atoms with E-state index in [2.05, 4.69) is 9.71 Å². The summed E-state index contributed by atoms with van der Waals surface area (Å²) >= 11 is 17.5. The number of nitrogens with zero attached hydrogens (tertiary/aromatic N) is 1. The van der Waals surface area contributed by atoms with Crippen molar-refractivity contribution in [2.75, 3.05) is 6.54 Å². The number of aromatic nitrogens is 1. The minimum absolute atomic E-state index is 0.0640. The molecule has 8 heteroatoms. The van der Waals surface area contributed by atoms with Gasteiger partial charge in [0.15, 0.2) is 0 Å². The number of halogens is 3. The van der Waals surface area contributed by atoms with Gasteiger partial charge in [-0.15, -0.1) is 0 Å². The maximum absolute atomic E-state index is 12.0. The lowest BCUT2D eigenvalue weighted by Crippen LogP contribution is -2.26. The van der Waals surface area contributed by atoms with Gasteiger partial charge in [0.2, 0.25) is 10.0 Å². The molecule has 0 amide bonds. The maximum Gasteiger partial charge on any atom is 0.242 e. The topological polar surface area (TPSA) is 59.1 Å². The van der Waals surface area contributed by atoms with Crippen LogP contribution >= 0.6 is 34.8 Å². The predicted octanol–water partition coefficient (Wildman–Crippen LogP) is 3.56. The Bertz CT molecular complexity index is 734. The molecule has 0 radical (unpaired) electrons. The second kappa shape index (κ2) is 6.94. The molecule has 1 heterocycles. The van der Waals surface area contributed by atoms with E-state index in [0.717, 1.165) is 5.56 Å². The van der Waals surface area contributed by atoms with Gasteiger partial charge in [0.05, 0.1) is 0 Å². The Balaban J connectivity index is 2.00. The summed E-state index contributed by atoms with van der Waals surface area (Å²) in [7, 11) is -3.61. The van der Waals surface area contributed by atoms with Gasteiger partial charge in [0.25, 0.3) is 0 Å². The monoisotopic (exact) mass is 364 g/mol. The second-order valence-corrected chi connectivity index (χ2v) is 7.20. The van der Waals surface area contributed by atoms with Gasteiger partial charge < -0.3 is 0 Å². The highest BCUT2D eigenvalue weighted by molar-refractivity contribution is 7.89. The summed E-state index contributed by atoms with van der Waals surface area (Å²) in [4.78, 5) is 3.81. The van der Waals surface area contributed by atoms with Crippen LogP contribution in [0.15, 0.2) is 41.4 Å². The van der Waals surface area contributed by atoms with Crippen molar-refractivity contribution in [2.45, 2.75) is 11.3 Å². The molecule has 0 fully saturated rings. The van der Waals surface area contributed by atoms with E-state index >= 15 is 0 Å². The first-order chi connectivity index (χ1) is 9.88. The number of nitrogens with one attached hydrogen (secondary N) is 1. The minimum Gasteiger partial charge on any atom is -0.243 e. The van der Waals surface area contributed by atoms with Crippen molar-refractivity contribution in [1.29, 1.82) is 0 Å². The largest absolute Gasteiger partial charge is 0.243 e. The lowest BCUT2D eigenvalue weighted by molar-refractivity contribution is 0.581. The van der Waals surface area contributed by atoms with E-state index in [-0.39, 0.29) is 16.6 Å². The van der Waals surface area contributed by atoms with Crippen molar-refractivity contribution >= 4 is 44.8 Å². The smallest absolute Gasteiger partial charge is 0.242 e. The van der Waals surface area contributed by atoms with Crippen molar-refractivity contribution in [1.82, 2.24) is 9.71 Å². The number of hydrogen-bond acceptors (Lipinski definition) is 3. The Morgan fingerprint density at radius 3 is 2.48 bits per heavy atom. The number of hydrogen-bond donors (Lipinski definition) is 1. The summed E-state index contributed by atoms with van der Waals surface area (Å²) in [5, 5.41) is 1.29. The summed E-state index contributed by atoms with van der Waals surface area (Å²) in [5.41, 5.74) is 0.818. The predicted molar refractivity (Wildman–Crippen MR) is 84.6 cm³/mol. The van der Waals surface area contributed by atoms with Crippen LogP contribution in [0.5, 0.6) is 0 Å². The summed E-state index contributed by atoms with van der Waals surface area (Å²) in [6.45, 7) is 0.215. The van der Waals surface area contributed by atoms with Crippen LogP contribution in [0.1, 0.15) is 5.56 Å². The van der Waals surface area contributed by atoms with E-state index in [1.807, 2.05) is 0 Å². The highest BCUT2D eigenvalue weighted by atomic mass is 35.5. The summed E-state index contributed by atoms with van der Waals surface area (Å²) in [6.07, 6.45) is 1.66. The van der Waals surface area contributed by atoms with Crippen LogP contribution in [0, 0.1) is 0 Å². The van der Waals surface area contributed by atoms with Gasteiger partial charge in [0.1, 0.15) is 10.0 Å². The minimum atomic E-state index is -3.61. The van der Waals surface area contributed by atoms with Gasteiger partial charge in [0, 0.05) is 22.8 Å². The lowest BCUT2D eigenvalue weighted by Gasteiger charge is -2.08. The van der Waals surface area contributed by atoms with Crippen molar-refractivity contribution in [3.05, 3.63) is 57.3 Å². The molecule has 2 rings (SSSR count). The number of rotatable bonds is 5. The Labute approximate surface area is 138 Å². The van der Waals surface area contributed by atoms with Gasteiger partial charge in [-0.3, -0.25) is 0 Å². The zero-order chi connectivity index (χ0) is 15.5. The summed E-state index contributed by atoms with van der Waals surface area (Å²) < 4.78 is 26.5. The van der Waals surface area contributed by atoms with Gasteiger partial charge in [-0.2, -0.15) is 0 Å². The summed E-state index contributed by atoms with van der Waals surface area (Å²) in [5.74, 6) is 0. The van der Waals surface area contributed by atoms with Crippen LogP contribution < -0.4 is 4.72 Å². The highest BCUT2D eigenvalue weighted by Gasteiger charge is 2.14. The molecule has 2 aromatic rings. The van der Waals surface area contributed by atoms with Crippen LogP contribution in [0.2, 0.25) is 15.2 Å². The fraction of sp³-hybridized carbons (Fsp3) is 0.154. The first-order valence-electron chi connectivity index (χ1n) is 5.93. The average molecular weight is 366 g/mol. The third kappa shape index (κ3) is 4.56. The molecule has 0 saturated carbocycles. The molecule has 0 bridgehead atoms. The van der Waals surface area contributed by atoms with E-state index in [0.29, 0.717) is 16.5 Å². The molecule has 0 aliphatic rings. The van der Waals surface area contributed by atoms with Crippen LogP contribution in [0.3, 0.4) is 0 Å². The molecule has 1 N–H and O–H groups in total. The molecule has 0 aliphatic heterocycles. The highest BCUT2D eigenvalue weighted by Crippen LogP contribution is 2.21. The zero-order valence-electron chi connectivity index (χ0n) is 10.7. The van der Waals surface area contributed by atoms with Crippen LogP contribution in [-0.4, -0.2) is 19.9 Å². The molecule has 4 nitrogen and oxygen atoms in total. The quantitative estimate of drug-likeness (QED) is 0.824. The Morgan fingerprint density at radius 1 is 1.10 bits per heavy atom. The number of benzene rings is 1. The normalized spacial score (nSPS) is 11.6. The molecule has 0 atom stereocenters. The molecule has 0 spiro atoms. The lowest BCUT2D eigenvalue weighted by atomic mass is 10.1. The number of pyridine rings is 1. The van der Waals surface area contributed by atoms with Gasteiger partial charge in [-0.25, -0.2) is 18.1 Å². The third-order valence-electron chi connectivity index (χ3n) is 2.71. The molecule has 21 heavy (non-hydrogen) atoms. The molecular weight excluding hydrogens is 355 g/mol. The second-order valence-electron chi connectivity index (χ2n) is 4.20. The fourth-order valence-corrected chi connectivity index (χ4v) is 3.24. The molecule has 1 aromatic heterocycles. The van der Waals surface area contributed by atoms with E-state index in [1.165, 1.54) is 18.3 Å². The molecule has 1 aromatic carbocycles. The fourth-order valence-electron chi connectivity index (χ4n) is 1.65. The van der Waals surface area contributed by atoms with Crippen molar-refractivity contribution in [3.8, 4) is 0 Å². The van der Waals surface area contributed by atoms with Crippen molar-refractivity contribution in [2.24, 2.45) is 0 Å². The van der Waals surface area contributed by atoms with Gasteiger partial charge >= 0.3 is 0 Å². The first kappa shape index (κ1) is 16.5. The van der Waals surface area contributed by atoms with E-state index in [1.54, 1.807) is 18.2 Å². The maximum atomic E-state index is 12.0. The molecule has 112 valence electrons. The van der Waals surface area contributed by atoms with Crippen molar-refractivity contribution < 1.29 is 8.42 Å². The summed E-state index contributed by atoms with van der Waals surface area (Å²) in [6, 6.07) is 7.92. The Hall–Kier alpha value is -0.850. The number of sulfonamides is 1. The van der Waals surface area contributed by atoms with Gasteiger partial charge in [-0.1, -0.05) is 40.9 Å². The standard InChI is InChI=1S/C13H11Cl3N2O2S/c14-10-2-1-9(12(15)7-10)5-6-18-21(19,20)11-3-4-13(16)17-8-11/h1-4,7-8,18H,5-6H2. The average Bonchev–Trinajstić information content (AvgIpc) is 2.41. The molecule has 0 aliphatic carbocycles. The molecular formula is C13H11Cl3N2O2S. The van der Waals surface area contributed by atoms with E-state index in [4.69, 9.17) is 34.8 Å². The first-order valence-corrected chi connectivity index (χ1v) is 8.55. The van der Waals surface area contributed by atoms with Crippen LogP contribution in [0.4, 0.5) is 0 Å². The van der Waals surface area contributed by atoms with Crippen molar-refractivity contribution in [3.63, 3.8) is 0 Å². The SMILES string of the molecule is O=S(=O)(NCCc1ccc(Cl)cc1Cl)c1ccc(Cl)nc1. The van der Waals surface area contributed by atoms with E-state index < -0.39 is 10.0 Å². The third-order valence-corrected chi connectivity index (χ3v) is 4.97. The Morgan fingerprint density at radius 2 is 1.86 bits per heavy atom. The van der Waals surface area contributed by atoms with E-state index in [9.17, 15) is 8.42 Å². The van der Waals surface area contributed by atoms with Gasteiger partial charge in [-0.05, 0) is 36.2 Å². The molecule has 0 unspecified atom stereocenters. The zero-order valence-corrected chi connectivity index (χ0v) is 13.8. The van der Waals surface area contributed by atoms with Crippen LogP contribution in [0.25, 0.3) is 0 Å². The van der Waals surface area contributed by atoms with Crippen LogP contribution in [-0.2, 0) is 16.4 Å². The Kier molecular flexibility index (Phi) is 5.46. The molecule has 0 saturated heterocycles.